The van der Waals surface area contributed by atoms with Crippen molar-refractivity contribution < 1.29 is 27.5 Å². The van der Waals surface area contributed by atoms with Gasteiger partial charge in [0.15, 0.2) is 5.76 Å². The molecule has 1 aliphatic heterocycles. The van der Waals surface area contributed by atoms with Gasteiger partial charge in [0.05, 0.1) is 10.5 Å². The highest BCUT2D eigenvalue weighted by atomic mass is 32.2. The molecule has 2 N–H and O–H groups in total. The van der Waals surface area contributed by atoms with Crippen LogP contribution in [0.4, 0.5) is 0 Å². The van der Waals surface area contributed by atoms with E-state index in [1.54, 1.807) is 30.3 Å². The summed E-state index contributed by atoms with van der Waals surface area (Å²) in [6.07, 6.45) is 2.28. The molecule has 144 valence electrons. The molecule has 0 bridgehead atoms. The van der Waals surface area contributed by atoms with Crippen LogP contribution in [0, 0.1) is 5.92 Å². The van der Waals surface area contributed by atoms with E-state index in [4.69, 9.17) is 9.52 Å². The smallest absolute Gasteiger partial charge is 0.338 e. The molecule has 2 aromatic rings. The van der Waals surface area contributed by atoms with E-state index in [1.807, 2.05) is 0 Å². The Morgan fingerprint density at radius 2 is 1.85 bits per heavy atom. The van der Waals surface area contributed by atoms with Crippen LogP contribution < -0.4 is 5.32 Å². The number of carboxylic acids is 1. The molecule has 0 unspecified atom stereocenters. The number of carboxylic acid groups (broad SMARTS) is 1. The van der Waals surface area contributed by atoms with Crippen molar-refractivity contribution in [3.63, 3.8) is 0 Å². The van der Waals surface area contributed by atoms with Crippen molar-refractivity contribution in [1.82, 2.24) is 9.62 Å². The van der Waals surface area contributed by atoms with Gasteiger partial charge in [-0.1, -0.05) is 18.2 Å². The lowest BCUT2D eigenvalue weighted by Gasteiger charge is -2.31. The fourth-order valence-electron chi connectivity index (χ4n) is 2.99. The lowest BCUT2D eigenvalue weighted by atomic mass is 9.98. The van der Waals surface area contributed by atoms with Crippen LogP contribution in [-0.4, -0.2) is 49.3 Å². The van der Waals surface area contributed by atoms with E-state index in [-0.39, 0.29) is 22.1 Å². The maximum atomic E-state index is 12.6. The first-order valence-corrected chi connectivity index (χ1v) is 9.97. The Labute approximate surface area is 156 Å². The largest absolute Gasteiger partial charge is 0.478 e. The van der Waals surface area contributed by atoms with Crippen molar-refractivity contribution in [2.45, 2.75) is 17.7 Å². The molecular weight excluding hydrogens is 372 g/mol. The minimum absolute atomic E-state index is 0.0588. The molecule has 2 heterocycles. The number of hydrogen-bond donors (Lipinski definition) is 2. The molecule has 0 spiro atoms. The van der Waals surface area contributed by atoms with Gasteiger partial charge in [-0.05, 0) is 30.9 Å². The number of sulfonamides is 1. The molecule has 1 aliphatic rings. The number of aromatic carboxylic acids is 1. The van der Waals surface area contributed by atoms with Crippen molar-refractivity contribution in [3.8, 4) is 0 Å². The molecule has 1 aromatic carbocycles. The van der Waals surface area contributed by atoms with Gasteiger partial charge in [0.25, 0.3) is 5.91 Å². The lowest BCUT2D eigenvalue weighted by molar-refractivity contribution is 0.0695. The topological polar surface area (TPSA) is 117 Å². The molecule has 0 aliphatic carbocycles. The van der Waals surface area contributed by atoms with Gasteiger partial charge in [-0.3, -0.25) is 4.79 Å². The minimum Gasteiger partial charge on any atom is -0.478 e. The third kappa shape index (κ3) is 4.37. The lowest BCUT2D eigenvalue weighted by Crippen LogP contribution is -2.41. The maximum Gasteiger partial charge on any atom is 0.338 e. The average molecular weight is 392 g/mol. The van der Waals surface area contributed by atoms with Crippen molar-refractivity contribution in [2.75, 3.05) is 19.6 Å². The fourth-order valence-corrected chi connectivity index (χ4v) is 4.48. The number of carbonyl (C=O) groups excluding carboxylic acids is 1. The second-order valence-electron chi connectivity index (χ2n) is 6.38. The second-order valence-corrected chi connectivity index (χ2v) is 8.31. The van der Waals surface area contributed by atoms with Gasteiger partial charge in [0.1, 0.15) is 6.26 Å². The van der Waals surface area contributed by atoms with E-state index >= 15 is 0 Å². The summed E-state index contributed by atoms with van der Waals surface area (Å²) in [5.74, 6) is -1.56. The monoisotopic (exact) mass is 392 g/mol. The average Bonchev–Trinajstić information content (AvgIpc) is 3.18. The van der Waals surface area contributed by atoms with Crippen molar-refractivity contribution in [3.05, 3.63) is 54.0 Å². The van der Waals surface area contributed by atoms with E-state index in [0.717, 1.165) is 6.26 Å². The Kier molecular flexibility index (Phi) is 5.62. The molecule has 1 amide bonds. The number of nitrogens with one attached hydrogen (secondary N) is 1. The van der Waals surface area contributed by atoms with Gasteiger partial charge in [-0.15, -0.1) is 0 Å². The molecular formula is C18H20N2O6S. The molecule has 0 saturated carbocycles. The predicted molar refractivity (Wildman–Crippen MR) is 95.9 cm³/mol. The SMILES string of the molecule is O=C(O)c1coc(C(=O)NCC2CCN(S(=O)(=O)c3ccccc3)CC2)c1. The highest BCUT2D eigenvalue weighted by molar-refractivity contribution is 7.89. The summed E-state index contributed by atoms with van der Waals surface area (Å²) in [6, 6.07) is 9.49. The van der Waals surface area contributed by atoms with Gasteiger partial charge in [-0.25, -0.2) is 13.2 Å². The van der Waals surface area contributed by atoms with Crippen LogP contribution in [0.15, 0.2) is 52.0 Å². The van der Waals surface area contributed by atoms with Crippen LogP contribution >= 0.6 is 0 Å². The zero-order valence-electron chi connectivity index (χ0n) is 14.5. The summed E-state index contributed by atoms with van der Waals surface area (Å²) < 4.78 is 31.6. The molecule has 1 saturated heterocycles. The number of nitrogens with zero attached hydrogens (tertiary/aromatic N) is 1. The second kappa shape index (κ2) is 7.93. The van der Waals surface area contributed by atoms with Crippen LogP contribution in [0.1, 0.15) is 33.8 Å². The number of rotatable bonds is 6. The van der Waals surface area contributed by atoms with Crippen LogP contribution in [0.3, 0.4) is 0 Å². The first-order chi connectivity index (χ1) is 12.9. The molecule has 0 radical (unpaired) electrons. The summed E-state index contributed by atoms with van der Waals surface area (Å²) in [5, 5.41) is 11.6. The first-order valence-electron chi connectivity index (χ1n) is 8.53. The van der Waals surface area contributed by atoms with Crippen molar-refractivity contribution >= 4 is 21.9 Å². The van der Waals surface area contributed by atoms with Crippen molar-refractivity contribution in [2.24, 2.45) is 5.92 Å². The van der Waals surface area contributed by atoms with Crippen LogP contribution in [0.25, 0.3) is 0 Å². The summed E-state index contributed by atoms with van der Waals surface area (Å²) >= 11 is 0. The molecule has 9 heteroatoms. The summed E-state index contributed by atoms with van der Waals surface area (Å²) in [5.41, 5.74) is -0.0837. The molecule has 0 atom stereocenters. The zero-order chi connectivity index (χ0) is 19.4. The minimum atomic E-state index is -3.49. The predicted octanol–water partition coefficient (Wildman–Crippen LogP) is 1.81. The highest BCUT2D eigenvalue weighted by Crippen LogP contribution is 2.23. The van der Waals surface area contributed by atoms with Gasteiger partial charge >= 0.3 is 5.97 Å². The Hall–Kier alpha value is -2.65. The number of amides is 1. The highest BCUT2D eigenvalue weighted by Gasteiger charge is 2.29. The Bertz CT molecular complexity index is 914. The molecule has 3 rings (SSSR count). The Morgan fingerprint density at radius 3 is 2.44 bits per heavy atom. The third-order valence-electron chi connectivity index (χ3n) is 4.58. The van der Waals surface area contributed by atoms with Crippen molar-refractivity contribution in [1.29, 1.82) is 0 Å². The van der Waals surface area contributed by atoms with E-state index in [9.17, 15) is 18.0 Å². The van der Waals surface area contributed by atoms with Crippen LogP contribution in [0.5, 0.6) is 0 Å². The van der Waals surface area contributed by atoms with Crippen LogP contribution in [0.2, 0.25) is 0 Å². The maximum absolute atomic E-state index is 12.6. The summed E-state index contributed by atoms with van der Waals surface area (Å²) in [4.78, 5) is 23.1. The van der Waals surface area contributed by atoms with Gasteiger partial charge in [0.2, 0.25) is 10.0 Å². The molecule has 1 aromatic heterocycles. The number of furan rings is 1. The number of piperidine rings is 1. The van der Waals surface area contributed by atoms with E-state index in [1.165, 1.54) is 10.4 Å². The van der Waals surface area contributed by atoms with E-state index in [2.05, 4.69) is 5.32 Å². The van der Waals surface area contributed by atoms with Gasteiger partial charge in [-0.2, -0.15) is 4.31 Å². The summed E-state index contributed by atoms with van der Waals surface area (Å²) in [7, 11) is -3.49. The first kappa shape index (κ1) is 19.1. The Morgan fingerprint density at radius 1 is 1.19 bits per heavy atom. The fraction of sp³-hybridized carbons (Fsp3) is 0.333. The third-order valence-corrected chi connectivity index (χ3v) is 6.49. The molecule has 1 fully saturated rings. The Balaban J connectivity index is 1.51. The number of hydrogen-bond acceptors (Lipinski definition) is 5. The zero-order valence-corrected chi connectivity index (χ0v) is 15.3. The van der Waals surface area contributed by atoms with Crippen LogP contribution in [-0.2, 0) is 10.0 Å². The normalized spacial score (nSPS) is 16.1. The number of benzene rings is 1. The molecule has 27 heavy (non-hydrogen) atoms. The number of carbonyl (C=O) groups is 2. The van der Waals surface area contributed by atoms with Gasteiger partial charge in [0, 0.05) is 25.7 Å². The van der Waals surface area contributed by atoms with E-state index in [0.29, 0.717) is 32.5 Å². The quantitative estimate of drug-likeness (QED) is 0.774. The molecule has 8 nitrogen and oxygen atoms in total. The standard InChI is InChI=1S/C18H20N2O6S/c21-17(16-10-14(12-26-16)18(22)23)19-11-13-6-8-20(9-7-13)27(24,25)15-4-2-1-3-5-15/h1-5,10,12-13H,6-9,11H2,(H,19,21)(H,22,23). The van der Waals surface area contributed by atoms with E-state index < -0.39 is 21.9 Å². The summed E-state index contributed by atoms with van der Waals surface area (Å²) in [6.45, 7) is 1.16. The van der Waals surface area contributed by atoms with Gasteiger partial charge < -0.3 is 14.8 Å².